The number of ether oxygens (including phenoxy) is 1. The molecule has 0 spiro atoms. The second-order valence-electron chi connectivity index (χ2n) is 3.36. The van der Waals surface area contributed by atoms with E-state index in [1.165, 1.54) is 5.56 Å². The molecule has 1 aromatic heterocycles. The smallest absolute Gasteiger partial charge is 0.0664 e. The summed E-state index contributed by atoms with van der Waals surface area (Å²) < 4.78 is 5.44. The van der Waals surface area contributed by atoms with E-state index < -0.39 is 0 Å². The summed E-state index contributed by atoms with van der Waals surface area (Å²) in [6.07, 6.45) is 3.71. The van der Waals surface area contributed by atoms with Gasteiger partial charge < -0.3 is 4.74 Å². The molecule has 70 valence electrons. The molecule has 0 bridgehead atoms. The Balaban J connectivity index is 2.15. The predicted molar refractivity (Wildman–Crippen MR) is 50.4 cm³/mol. The van der Waals surface area contributed by atoms with E-state index in [0.29, 0.717) is 6.04 Å². The van der Waals surface area contributed by atoms with Crippen LogP contribution in [0.25, 0.3) is 0 Å². The van der Waals surface area contributed by atoms with E-state index in [4.69, 9.17) is 4.74 Å². The normalized spacial score (nSPS) is 24.5. The Kier molecular flexibility index (Phi) is 2.57. The third-order valence-electron chi connectivity index (χ3n) is 2.47. The van der Waals surface area contributed by atoms with Crippen LogP contribution in [-0.4, -0.2) is 36.7 Å². The minimum atomic E-state index is 0.377. The molecule has 3 heteroatoms. The van der Waals surface area contributed by atoms with Crippen molar-refractivity contribution in [2.24, 2.45) is 0 Å². The summed E-state index contributed by atoms with van der Waals surface area (Å²) in [7, 11) is 2.13. The second kappa shape index (κ2) is 3.85. The van der Waals surface area contributed by atoms with E-state index in [-0.39, 0.29) is 0 Å². The lowest BCUT2D eigenvalue weighted by Gasteiger charge is -2.32. The maximum Gasteiger partial charge on any atom is 0.0664 e. The number of likely N-dealkylation sites (N-methyl/N-ethyl adjacent to an activating group) is 1. The first-order valence-corrected chi connectivity index (χ1v) is 4.56. The molecule has 0 aliphatic carbocycles. The van der Waals surface area contributed by atoms with Crippen molar-refractivity contribution in [2.45, 2.75) is 6.04 Å². The molecule has 0 saturated carbocycles. The lowest BCUT2D eigenvalue weighted by atomic mass is 10.1. The van der Waals surface area contributed by atoms with Crippen LogP contribution < -0.4 is 0 Å². The minimum Gasteiger partial charge on any atom is -0.378 e. The van der Waals surface area contributed by atoms with Crippen LogP contribution in [0, 0.1) is 0 Å². The number of hydrogen-bond acceptors (Lipinski definition) is 3. The minimum absolute atomic E-state index is 0.377. The van der Waals surface area contributed by atoms with Crippen LogP contribution in [0.1, 0.15) is 11.6 Å². The van der Waals surface area contributed by atoms with Crippen molar-refractivity contribution < 1.29 is 4.74 Å². The zero-order chi connectivity index (χ0) is 9.10. The first kappa shape index (κ1) is 8.66. The fraction of sp³-hybridized carbons (Fsp3) is 0.500. The lowest BCUT2D eigenvalue weighted by molar-refractivity contribution is 0.00494. The van der Waals surface area contributed by atoms with Gasteiger partial charge in [0.05, 0.1) is 19.3 Å². The van der Waals surface area contributed by atoms with Gasteiger partial charge in [0.1, 0.15) is 0 Å². The van der Waals surface area contributed by atoms with Gasteiger partial charge in [-0.1, -0.05) is 6.07 Å². The molecule has 1 unspecified atom stereocenters. The van der Waals surface area contributed by atoms with Gasteiger partial charge in [-0.3, -0.25) is 9.88 Å². The van der Waals surface area contributed by atoms with Crippen LogP contribution in [0.2, 0.25) is 0 Å². The summed E-state index contributed by atoms with van der Waals surface area (Å²) in [5.74, 6) is 0. The lowest BCUT2D eigenvalue weighted by Crippen LogP contribution is -2.36. The number of nitrogens with zero attached hydrogens (tertiary/aromatic N) is 2. The molecule has 0 N–H and O–H groups in total. The van der Waals surface area contributed by atoms with Gasteiger partial charge in [0, 0.05) is 18.9 Å². The Morgan fingerprint density at radius 3 is 3.23 bits per heavy atom. The molecule has 1 aliphatic heterocycles. The van der Waals surface area contributed by atoms with Crippen molar-refractivity contribution in [3.63, 3.8) is 0 Å². The van der Waals surface area contributed by atoms with Crippen LogP contribution in [-0.2, 0) is 4.74 Å². The SMILES string of the molecule is CN1CCOCC1c1cccnc1. The molecule has 1 aliphatic rings. The third-order valence-corrected chi connectivity index (χ3v) is 2.47. The molecule has 2 rings (SSSR count). The highest BCUT2D eigenvalue weighted by Crippen LogP contribution is 2.20. The Bertz CT molecular complexity index is 263. The molecule has 1 atom stereocenters. The molecule has 0 amide bonds. The van der Waals surface area contributed by atoms with Gasteiger partial charge in [-0.25, -0.2) is 0 Å². The molecule has 2 heterocycles. The van der Waals surface area contributed by atoms with E-state index in [1.54, 1.807) is 6.20 Å². The van der Waals surface area contributed by atoms with Crippen molar-refractivity contribution in [3.8, 4) is 0 Å². The van der Waals surface area contributed by atoms with Gasteiger partial charge in [0.15, 0.2) is 0 Å². The van der Waals surface area contributed by atoms with E-state index >= 15 is 0 Å². The monoisotopic (exact) mass is 178 g/mol. The quantitative estimate of drug-likeness (QED) is 0.643. The van der Waals surface area contributed by atoms with Crippen LogP contribution in [0.3, 0.4) is 0 Å². The Hall–Kier alpha value is -0.930. The van der Waals surface area contributed by atoms with Crippen molar-refractivity contribution in [2.75, 3.05) is 26.8 Å². The first-order chi connectivity index (χ1) is 6.38. The van der Waals surface area contributed by atoms with E-state index in [0.717, 1.165) is 19.8 Å². The van der Waals surface area contributed by atoms with Crippen LogP contribution >= 0.6 is 0 Å². The van der Waals surface area contributed by atoms with Crippen molar-refractivity contribution in [1.29, 1.82) is 0 Å². The summed E-state index contributed by atoms with van der Waals surface area (Å²) in [6, 6.07) is 4.45. The second-order valence-corrected chi connectivity index (χ2v) is 3.36. The summed E-state index contributed by atoms with van der Waals surface area (Å²) in [6.45, 7) is 2.62. The van der Waals surface area contributed by atoms with Gasteiger partial charge in [0.2, 0.25) is 0 Å². The molecule has 1 aromatic rings. The molecule has 3 nitrogen and oxygen atoms in total. The van der Waals surface area contributed by atoms with Crippen molar-refractivity contribution >= 4 is 0 Å². The highest BCUT2D eigenvalue weighted by atomic mass is 16.5. The van der Waals surface area contributed by atoms with Gasteiger partial charge in [-0.2, -0.15) is 0 Å². The summed E-state index contributed by atoms with van der Waals surface area (Å²) in [5.41, 5.74) is 1.24. The third kappa shape index (κ3) is 1.87. The number of hydrogen-bond donors (Lipinski definition) is 0. The molecule has 0 radical (unpaired) electrons. The molecular weight excluding hydrogens is 164 g/mol. The van der Waals surface area contributed by atoms with E-state index in [9.17, 15) is 0 Å². The standard InChI is InChI=1S/C10H14N2O/c1-12-5-6-13-8-10(12)9-3-2-4-11-7-9/h2-4,7,10H,5-6,8H2,1H3. The molecule has 13 heavy (non-hydrogen) atoms. The molecule has 1 fully saturated rings. The maximum atomic E-state index is 5.44. The number of pyridine rings is 1. The Labute approximate surface area is 78.3 Å². The van der Waals surface area contributed by atoms with E-state index in [1.807, 2.05) is 12.3 Å². The summed E-state index contributed by atoms with van der Waals surface area (Å²) in [5, 5.41) is 0. The highest BCUT2D eigenvalue weighted by molar-refractivity contribution is 5.14. The molecule has 1 saturated heterocycles. The average Bonchev–Trinajstić information content (AvgIpc) is 2.20. The fourth-order valence-corrected chi connectivity index (χ4v) is 1.61. The largest absolute Gasteiger partial charge is 0.378 e. The number of morpholine rings is 1. The zero-order valence-corrected chi connectivity index (χ0v) is 7.81. The van der Waals surface area contributed by atoms with Crippen LogP contribution in [0.4, 0.5) is 0 Å². The van der Waals surface area contributed by atoms with E-state index in [2.05, 4.69) is 23.0 Å². The first-order valence-electron chi connectivity index (χ1n) is 4.56. The fourth-order valence-electron chi connectivity index (χ4n) is 1.61. The Morgan fingerprint density at radius 1 is 1.62 bits per heavy atom. The van der Waals surface area contributed by atoms with Crippen LogP contribution in [0.15, 0.2) is 24.5 Å². The molecule has 0 aromatic carbocycles. The van der Waals surface area contributed by atoms with Crippen molar-refractivity contribution in [1.82, 2.24) is 9.88 Å². The predicted octanol–water partition coefficient (Wildman–Crippen LogP) is 1.08. The van der Waals surface area contributed by atoms with Crippen LogP contribution in [0.5, 0.6) is 0 Å². The Morgan fingerprint density at radius 2 is 2.54 bits per heavy atom. The number of aromatic nitrogens is 1. The van der Waals surface area contributed by atoms with Crippen molar-refractivity contribution in [3.05, 3.63) is 30.1 Å². The topological polar surface area (TPSA) is 25.4 Å². The highest BCUT2D eigenvalue weighted by Gasteiger charge is 2.20. The summed E-state index contributed by atoms with van der Waals surface area (Å²) in [4.78, 5) is 6.42. The van der Waals surface area contributed by atoms with Gasteiger partial charge in [0.25, 0.3) is 0 Å². The van der Waals surface area contributed by atoms with Gasteiger partial charge in [-0.15, -0.1) is 0 Å². The van der Waals surface area contributed by atoms with Gasteiger partial charge >= 0.3 is 0 Å². The summed E-state index contributed by atoms with van der Waals surface area (Å²) >= 11 is 0. The zero-order valence-electron chi connectivity index (χ0n) is 7.81. The molecular formula is C10H14N2O. The maximum absolute atomic E-state index is 5.44. The average molecular weight is 178 g/mol. The number of rotatable bonds is 1. The van der Waals surface area contributed by atoms with Gasteiger partial charge in [-0.05, 0) is 18.7 Å².